The number of carbonyl (C=O) groups excluding carboxylic acids is 2. The molecule has 0 bridgehead atoms. The maximum Gasteiger partial charge on any atom is 0.339 e. The van der Waals surface area contributed by atoms with Crippen LogP contribution in [0, 0.1) is 0 Å². The van der Waals surface area contributed by atoms with E-state index in [-0.39, 0.29) is 11.9 Å². The lowest BCUT2D eigenvalue weighted by Gasteiger charge is -2.38. The second kappa shape index (κ2) is 7.58. The number of benzene rings is 3. The van der Waals surface area contributed by atoms with Gasteiger partial charge in [-0.15, -0.1) is 0 Å². The fraction of sp³-hybridized carbons (Fsp3) is 0.231. The molecule has 2 aliphatic rings. The molecule has 2 heterocycles. The molecule has 0 aliphatic carbocycles. The third-order valence-corrected chi connectivity index (χ3v) is 6.32. The highest BCUT2D eigenvalue weighted by Gasteiger charge is 2.47. The van der Waals surface area contributed by atoms with Crippen LogP contribution in [0.5, 0.6) is 5.75 Å². The lowest BCUT2D eigenvalue weighted by Crippen LogP contribution is -2.45. The van der Waals surface area contributed by atoms with Crippen LogP contribution in [0.3, 0.4) is 0 Å². The van der Waals surface area contributed by atoms with Gasteiger partial charge in [0.2, 0.25) is 0 Å². The Morgan fingerprint density at radius 2 is 1.68 bits per heavy atom. The lowest BCUT2D eigenvalue weighted by molar-refractivity contribution is -0.0389. The van der Waals surface area contributed by atoms with Crippen molar-refractivity contribution in [3.8, 4) is 16.9 Å². The summed E-state index contributed by atoms with van der Waals surface area (Å²) in [7, 11) is 1.65. The first-order valence-electron chi connectivity index (χ1n) is 10.5. The van der Waals surface area contributed by atoms with Crippen molar-refractivity contribution in [3.05, 3.63) is 89.5 Å². The SMILES string of the molecule is COc1cccc(-c2ccc(C(=O)N3CCC4(CC3)OC(=O)c3ccccc34)cc2)c1. The standard InChI is InChI=1S/C26H23NO4/c1-30-21-6-4-5-20(17-21)18-9-11-19(12-10-18)24(28)27-15-13-26(14-16-27)23-8-3-2-7-22(23)25(29)31-26/h2-12,17H,13-16H2,1H3. The molecule has 5 rings (SSSR count). The lowest BCUT2D eigenvalue weighted by atomic mass is 9.83. The van der Waals surface area contributed by atoms with E-state index in [1.165, 1.54) is 0 Å². The molecular weight excluding hydrogens is 390 g/mol. The molecule has 1 amide bonds. The molecule has 0 atom stereocenters. The molecule has 31 heavy (non-hydrogen) atoms. The van der Waals surface area contributed by atoms with E-state index in [0.717, 1.165) is 22.4 Å². The van der Waals surface area contributed by atoms with E-state index in [1.54, 1.807) is 7.11 Å². The molecule has 0 saturated carbocycles. The highest BCUT2D eigenvalue weighted by Crippen LogP contribution is 2.44. The zero-order valence-corrected chi connectivity index (χ0v) is 17.3. The van der Waals surface area contributed by atoms with Gasteiger partial charge in [0, 0.05) is 37.1 Å². The van der Waals surface area contributed by atoms with Crippen molar-refractivity contribution in [2.45, 2.75) is 18.4 Å². The van der Waals surface area contributed by atoms with E-state index in [9.17, 15) is 9.59 Å². The average molecular weight is 413 g/mol. The molecular formula is C26H23NO4. The Kier molecular flexibility index (Phi) is 4.74. The number of rotatable bonds is 3. The van der Waals surface area contributed by atoms with E-state index in [0.29, 0.717) is 37.1 Å². The molecule has 156 valence electrons. The highest BCUT2D eigenvalue weighted by atomic mass is 16.6. The molecule has 1 spiro atoms. The number of methoxy groups -OCH3 is 1. The second-order valence-electron chi connectivity index (χ2n) is 8.03. The first-order chi connectivity index (χ1) is 15.1. The van der Waals surface area contributed by atoms with Crippen LogP contribution in [0.1, 0.15) is 39.1 Å². The minimum absolute atomic E-state index is 0.00431. The molecule has 0 unspecified atom stereocenters. The van der Waals surface area contributed by atoms with Gasteiger partial charge < -0.3 is 14.4 Å². The molecule has 0 N–H and O–H groups in total. The van der Waals surface area contributed by atoms with E-state index in [1.807, 2.05) is 77.7 Å². The number of likely N-dealkylation sites (tertiary alicyclic amines) is 1. The first-order valence-corrected chi connectivity index (χ1v) is 10.5. The van der Waals surface area contributed by atoms with Gasteiger partial charge in [-0.25, -0.2) is 4.79 Å². The Morgan fingerprint density at radius 3 is 2.42 bits per heavy atom. The molecule has 3 aromatic carbocycles. The summed E-state index contributed by atoms with van der Waals surface area (Å²) >= 11 is 0. The minimum Gasteiger partial charge on any atom is -0.497 e. The number of amides is 1. The fourth-order valence-electron chi connectivity index (χ4n) is 4.58. The van der Waals surface area contributed by atoms with Gasteiger partial charge in [0.05, 0.1) is 12.7 Å². The summed E-state index contributed by atoms with van der Waals surface area (Å²) in [6.07, 6.45) is 1.23. The summed E-state index contributed by atoms with van der Waals surface area (Å²) in [5.41, 5.74) is 3.74. The van der Waals surface area contributed by atoms with Gasteiger partial charge in [-0.2, -0.15) is 0 Å². The number of esters is 1. The number of fused-ring (bicyclic) bond motifs is 2. The van der Waals surface area contributed by atoms with E-state index >= 15 is 0 Å². The van der Waals surface area contributed by atoms with Gasteiger partial charge in [-0.1, -0.05) is 42.5 Å². The third kappa shape index (κ3) is 3.36. The number of hydrogen-bond acceptors (Lipinski definition) is 4. The molecule has 1 fully saturated rings. The largest absolute Gasteiger partial charge is 0.497 e. The van der Waals surface area contributed by atoms with Crippen molar-refractivity contribution in [1.82, 2.24) is 4.90 Å². The number of piperidine rings is 1. The van der Waals surface area contributed by atoms with Gasteiger partial charge in [-0.3, -0.25) is 4.79 Å². The zero-order chi connectivity index (χ0) is 21.4. The van der Waals surface area contributed by atoms with Crippen molar-refractivity contribution >= 4 is 11.9 Å². The van der Waals surface area contributed by atoms with E-state index in [4.69, 9.17) is 9.47 Å². The van der Waals surface area contributed by atoms with Crippen LogP contribution in [-0.2, 0) is 10.3 Å². The van der Waals surface area contributed by atoms with Crippen LogP contribution in [0.25, 0.3) is 11.1 Å². The minimum atomic E-state index is -0.597. The van der Waals surface area contributed by atoms with Gasteiger partial charge in [0.1, 0.15) is 11.4 Å². The summed E-state index contributed by atoms with van der Waals surface area (Å²) in [6, 6.07) is 23.1. The van der Waals surface area contributed by atoms with Crippen LogP contribution >= 0.6 is 0 Å². The summed E-state index contributed by atoms with van der Waals surface area (Å²) in [5.74, 6) is 0.544. The summed E-state index contributed by atoms with van der Waals surface area (Å²) < 4.78 is 11.1. The quantitative estimate of drug-likeness (QED) is 0.586. The van der Waals surface area contributed by atoms with Gasteiger partial charge in [0.15, 0.2) is 0 Å². The Labute approximate surface area is 181 Å². The van der Waals surface area contributed by atoms with Crippen LogP contribution in [0.4, 0.5) is 0 Å². The molecule has 3 aromatic rings. The molecule has 1 saturated heterocycles. The maximum atomic E-state index is 13.1. The fourth-order valence-corrected chi connectivity index (χ4v) is 4.58. The normalized spacial score (nSPS) is 16.7. The van der Waals surface area contributed by atoms with Crippen molar-refractivity contribution in [2.24, 2.45) is 0 Å². The highest BCUT2D eigenvalue weighted by molar-refractivity contribution is 5.96. The van der Waals surface area contributed by atoms with Crippen molar-refractivity contribution < 1.29 is 19.1 Å². The topological polar surface area (TPSA) is 55.8 Å². The van der Waals surface area contributed by atoms with E-state index in [2.05, 4.69) is 0 Å². The molecule has 0 aromatic heterocycles. The maximum absolute atomic E-state index is 13.1. The second-order valence-corrected chi connectivity index (χ2v) is 8.03. The van der Waals surface area contributed by atoms with Crippen molar-refractivity contribution in [2.75, 3.05) is 20.2 Å². The zero-order valence-electron chi connectivity index (χ0n) is 17.3. The monoisotopic (exact) mass is 413 g/mol. The molecule has 5 heteroatoms. The summed E-state index contributed by atoms with van der Waals surface area (Å²) in [4.78, 5) is 27.2. The Morgan fingerprint density at radius 1 is 0.935 bits per heavy atom. The molecule has 5 nitrogen and oxygen atoms in total. The predicted octanol–water partition coefficient (Wildman–Crippen LogP) is 4.66. The van der Waals surface area contributed by atoms with Gasteiger partial charge >= 0.3 is 5.97 Å². The Bertz CT molecular complexity index is 1140. The third-order valence-electron chi connectivity index (χ3n) is 6.32. The average Bonchev–Trinajstić information content (AvgIpc) is 3.10. The first kappa shape index (κ1) is 19.4. The summed E-state index contributed by atoms with van der Waals surface area (Å²) in [6.45, 7) is 1.11. The van der Waals surface area contributed by atoms with Crippen molar-refractivity contribution in [3.63, 3.8) is 0 Å². The van der Waals surface area contributed by atoms with E-state index < -0.39 is 5.60 Å². The Balaban J connectivity index is 1.29. The van der Waals surface area contributed by atoms with Crippen molar-refractivity contribution in [1.29, 1.82) is 0 Å². The number of hydrogen-bond donors (Lipinski definition) is 0. The number of nitrogens with zero attached hydrogens (tertiary/aromatic N) is 1. The van der Waals surface area contributed by atoms with Gasteiger partial charge in [-0.05, 0) is 41.5 Å². The predicted molar refractivity (Wildman–Crippen MR) is 117 cm³/mol. The summed E-state index contributed by atoms with van der Waals surface area (Å²) in [5, 5.41) is 0. The number of carbonyl (C=O) groups is 2. The smallest absolute Gasteiger partial charge is 0.339 e. The van der Waals surface area contributed by atoms with Crippen LogP contribution in [0.15, 0.2) is 72.8 Å². The van der Waals surface area contributed by atoms with Crippen LogP contribution in [-0.4, -0.2) is 37.0 Å². The molecule has 2 aliphatic heterocycles. The van der Waals surface area contributed by atoms with Crippen LogP contribution < -0.4 is 4.74 Å². The Hall–Kier alpha value is -3.60. The van der Waals surface area contributed by atoms with Crippen LogP contribution in [0.2, 0.25) is 0 Å². The number of ether oxygens (including phenoxy) is 2. The molecule has 0 radical (unpaired) electrons. The van der Waals surface area contributed by atoms with Gasteiger partial charge in [0.25, 0.3) is 5.91 Å².